The number of hydrogen-bond donors (Lipinski definition) is 2. The predicted molar refractivity (Wildman–Crippen MR) is 46.8 cm³/mol. The summed E-state index contributed by atoms with van der Waals surface area (Å²) in [7, 11) is 0. The third-order valence-electron chi connectivity index (χ3n) is 2.03. The van der Waals surface area contributed by atoms with Gasteiger partial charge in [0, 0.05) is 16.6 Å². The molecule has 0 aliphatic carbocycles. The molecule has 0 bridgehead atoms. The molecule has 0 aliphatic heterocycles. The average Bonchev–Trinajstić information content (AvgIpc) is 2.48. The summed E-state index contributed by atoms with van der Waals surface area (Å²) in [6, 6.07) is 5.80. The summed E-state index contributed by atoms with van der Waals surface area (Å²) in [5.74, 6) is 0. The molecule has 3 nitrogen and oxygen atoms in total. The number of aliphatic hydroxyl groups excluding tert-OH is 1. The molecule has 0 amide bonds. The zero-order valence-corrected chi connectivity index (χ0v) is 6.83. The lowest BCUT2D eigenvalue weighted by Crippen LogP contribution is -1.83. The Kier molecular flexibility index (Phi) is 1.59. The number of nitrogens with one attached hydrogen (secondary N) is 1. The van der Waals surface area contributed by atoms with Gasteiger partial charge >= 0.3 is 0 Å². The molecule has 0 unspecified atom stereocenters. The van der Waals surface area contributed by atoms with Crippen LogP contribution in [0.3, 0.4) is 0 Å². The van der Waals surface area contributed by atoms with E-state index in [-0.39, 0.29) is 6.61 Å². The number of fused-ring (bicyclic) bond motifs is 1. The van der Waals surface area contributed by atoms with Gasteiger partial charge in [0.2, 0.25) is 0 Å². The lowest BCUT2D eigenvalue weighted by molar-refractivity contribution is 0.283. The second-order valence-corrected chi connectivity index (χ2v) is 2.82. The van der Waals surface area contributed by atoms with Gasteiger partial charge in [0.25, 0.3) is 0 Å². The number of aromatic amines is 1. The molecule has 1 aromatic heterocycles. The third-order valence-corrected chi connectivity index (χ3v) is 2.03. The standard InChI is InChI=1S/C9H10N2O/c1-6-8-4-2-3-7(5-12)9(8)11-10-6/h2-4,12H,5H2,1H3,(H,10,11). The Morgan fingerprint density at radius 3 is 3.08 bits per heavy atom. The predicted octanol–water partition coefficient (Wildman–Crippen LogP) is 1.36. The van der Waals surface area contributed by atoms with Crippen molar-refractivity contribution in [1.29, 1.82) is 0 Å². The van der Waals surface area contributed by atoms with E-state index < -0.39 is 0 Å². The van der Waals surface area contributed by atoms with Crippen LogP contribution in [0.1, 0.15) is 11.3 Å². The van der Waals surface area contributed by atoms with Gasteiger partial charge in [-0.25, -0.2) is 0 Å². The SMILES string of the molecule is Cc1[nH]nc2c(CO)cccc12. The van der Waals surface area contributed by atoms with Gasteiger partial charge in [0.05, 0.1) is 12.1 Å². The number of hydrogen-bond acceptors (Lipinski definition) is 2. The Morgan fingerprint density at radius 2 is 2.33 bits per heavy atom. The third kappa shape index (κ3) is 0.905. The van der Waals surface area contributed by atoms with Crippen LogP contribution in [0.4, 0.5) is 0 Å². The summed E-state index contributed by atoms with van der Waals surface area (Å²) in [4.78, 5) is 0. The van der Waals surface area contributed by atoms with E-state index in [9.17, 15) is 0 Å². The first kappa shape index (κ1) is 7.31. The van der Waals surface area contributed by atoms with Crippen molar-refractivity contribution in [2.24, 2.45) is 0 Å². The molecule has 62 valence electrons. The maximum absolute atomic E-state index is 8.99. The first-order valence-electron chi connectivity index (χ1n) is 3.86. The Bertz CT molecular complexity index is 406. The number of para-hydroxylation sites is 1. The van der Waals surface area contributed by atoms with Crippen molar-refractivity contribution in [2.45, 2.75) is 13.5 Å². The summed E-state index contributed by atoms with van der Waals surface area (Å²) in [6.07, 6.45) is 0. The second-order valence-electron chi connectivity index (χ2n) is 2.82. The molecule has 0 saturated heterocycles. The van der Waals surface area contributed by atoms with E-state index >= 15 is 0 Å². The highest BCUT2D eigenvalue weighted by Crippen LogP contribution is 2.18. The van der Waals surface area contributed by atoms with Crippen LogP contribution in [0.5, 0.6) is 0 Å². The minimum atomic E-state index is 0.0433. The molecule has 0 atom stereocenters. The fourth-order valence-corrected chi connectivity index (χ4v) is 1.35. The summed E-state index contributed by atoms with van der Waals surface area (Å²) in [5.41, 5.74) is 2.79. The average molecular weight is 162 g/mol. The minimum absolute atomic E-state index is 0.0433. The molecule has 0 radical (unpaired) electrons. The molecule has 1 heterocycles. The summed E-state index contributed by atoms with van der Waals surface area (Å²) in [6.45, 7) is 2.01. The summed E-state index contributed by atoms with van der Waals surface area (Å²) >= 11 is 0. The van der Waals surface area contributed by atoms with E-state index in [1.165, 1.54) is 0 Å². The van der Waals surface area contributed by atoms with Crippen LogP contribution in [0.2, 0.25) is 0 Å². The van der Waals surface area contributed by atoms with E-state index in [2.05, 4.69) is 10.2 Å². The molecule has 2 aromatic rings. The van der Waals surface area contributed by atoms with E-state index in [4.69, 9.17) is 5.11 Å². The van der Waals surface area contributed by atoms with Gasteiger partial charge in [-0.15, -0.1) is 0 Å². The monoisotopic (exact) mass is 162 g/mol. The number of aliphatic hydroxyl groups is 1. The highest BCUT2D eigenvalue weighted by Gasteiger charge is 2.03. The highest BCUT2D eigenvalue weighted by atomic mass is 16.3. The van der Waals surface area contributed by atoms with Crippen molar-refractivity contribution in [3.05, 3.63) is 29.5 Å². The van der Waals surface area contributed by atoms with Crippen molar-refractivity contribution < 1.29 is 5.11 Å². The maximum Gasteiger partial charge on any atom is 0.0978 e. The number of rotatable bonds is 1. The minimum Gasteiger partial charge on any atom is -0.392 e. The smallest absolute Gasteiger partial charge is 0.0978 e. The number of benzene rings is 1. The Labute approximate surface area is 70.0 Å². The van der Waals surface area contributed by atoms with Crippen LogP contribution in [-0.4, -0.2) is 15.3 Å². The van der Waals surface area contributed by atoms with Crippen LogP contribution >= 0.6 is 0 Å². The molecule has 12 heavy (non-hydrogen) atoms. The van der Waals surface area contributed by atoms with Gasteiger partial charge < -0.3 is 5.11 Å². The number of nitrogens with zero attached hydrogens (tertiary/aromatic N) is 1. The van der Waals surface area contributed by atoms with Crippen LogP contribution < -0.4 is 0 Å². The van der Waals surface area contributed by atoms with Crippen LogP contribution in [0.25, 0.3) is 10.9 Å². The summed E-state index contributed by atoms with van der Waals surface area (Å²) < 4.78 is 0. The zero-order chi connectivity index (χ0) is 8.55. The van der Waals surface area contributed by atoms with Crippen LogP contribution in [0.15, 0.2) is 18.2 Å². The van der Waals surface area contributed by atoms with Crippen molar-refractivity contribution >= 4 is 10.9 Å². The molecule has 3 heteroatoms. The summed E-state index contributed by atoms with van der Waals surface area (Å²) in [5, 5.41) is 17.1. The normalized spacial score (nSPS) is 10.8. The molecule has 2 rings (SSSR count). The Morgan fingerprint density at radius 1 is 1.50 bits per heavy atom. The van der Waals surface area contributed by atoms with Crippen LogP contribution in [0, 0.1) is 6.92 Å². The van der Waals surface area contributed by atoms with Gasteiger partial charge in [0.15, 0.2) is 0 Å². The van der Waals surface area contributed by atoms with E-state index in [0.29, 0.717) is 0 Å². The molecule has 0 aliphatic rings. The molecule has 1 aromatic carbocycles. The van der Waals surface area contributed by atoms with Crippen molar-refractivity contribution in [3.8, 4) is 0 Å². The van der Waals surface area contributed by atoms with Gasteiger partial charge in [-0.1, -0.05) is 18.2 Å². The first-order valence-corrected chi connectivity index (χ1v) is 3.86. The topological polar surface area (TPSA) is 48.9 Å². The van der Waals surface area contributed by atoms with E-state index in [1.54, 1.807) is 0 Å². The fourth-order valence-electron chi connectivity index (χ4n) is 1.35. The lowest BCUT2D eigenvalue weighted by Gasteiger charge is -1.95. The largest absolute Gasteiger partial charge is 0.392 e. The highest BCUT2D eigenvalue weighted by molar-refractivity contribution is 5.83. The maximum atomic E-state index is 8.99. The van der Waals surface area contributed by atoms with Gasteiger partial charge in [0.1, 0.15) is 0 Å². The quantitative estimate of drug-likeness (QED) is 0.665. The fraction of sp³-hybridized carbons (Fsp3) is 0.222. The Balaban J connectivity index is 2.81. The van der Waals surface area contributed by atoms with E-state index in [1.807, 2.05) is 25.1 Å². The van der Waals surface area contributed by atoms with Crippen molar-refractivity contribution in [1.82, 2.24) is 10.2 Å². The Hall–Kier alpha value is -1.35. The first-order chi connectivity index (χ1) is 5.83. The number of H-pyrrole nitrogens is 1. The van der Waals surface area contributed by atoms with Crippen molar-refractivity contribution in [3.63, 3.8) is 0 Å². The molecule has 0 saturated carbocycles. The van der Waals surface area contributed by atoms with Gasteiger partial charge in [-0.05, 0) is 6.92 Å². The molecule has 0 fully saturated rings. The van der Waals surface area contributed by atoms with E-state index in [0.717, 1.165) is 22.2 Å². The van der Waals surface area contributed by atoms with Crippen LogP contribution in [-0.2, 0) is 6.61 Å². The number of aromatic nitrogens is 2. The second kappa shape index (κ2) is 2.60. The lowest BCUT2D eigenvalue weighted by atomic mass is 10.1. The molecular weight excluding hydrogens is 152 g/mol. The zero-order valence-electron chi connectivity index (χ0n) is 6.83. The molecular formula is C9H10N2O. The molecule has 0 spiro atoms. The van der Waals surface area contributed by atoms with Gasteiger partial charge in [-0.2, -0.15) is 5.10 Å². The number of aryl methyl sites for hydroxylation is 1. The molecule has 2 N–H and O–H groups in total. The van der Waals surface area contributed by atoms with Gasteiger partial charge in [-0.3, -0.25) is 5.10 Å². The van der Waals surface area contributed by atoms with Crippen molar-refractivity contribution in [2.75, 3.05) is 0 Å².